The number of carbonyl (C=O) groups excluding carboxylic acids is 4. The first kappa shape index (κ1) is 48.9. The van der Waals surface area contributed by atoms with E-state index >= 15 is 0 Å². The minimum Gasteiger partial charge on any atom is -0.481 e. The zero-order chi connectivity index (χ0) is 48.4. The van der Waals surface area contributed by atoms with Crippen molar-refractivity contribution in [3.05, 3.63) is 46.5 Å². The molecule has 0 bridgehead atoms. The van der Waals surface area contributed by atoms with Crippen LogP contribution in [0.5, 0.6) is 0 Å². The van der Waals surface area contributed by atoms with Crippen molar-refractivity contribution in [1.29, 1.82) is 0 Å². The number of esters is 1. The molecule has 2 amide bonds. The van der Waals surface area contributed by atoms with E-state index in [0.717, 1.165) is 61.7 Å². The number of carbonyl (C=O) groups is 5. The molecule has 1 aliphatic heterocycles. The van der Waals surface area contributed by atoms with Gasteiger partial charge in [0.25, 0.3) is 5.91 Å². The second kappa shape index (κ2) is 16.3. The number of hydrogen-bond acceptors (Lipinski definition) is 9. The number of aliphatic carboxylic acids is 1. The third kappa shape index (κ3) is 7.70. The molecule has 13 heteroatoms. The Labute approximate surface area is 393 Å². The SMILES string of the molecule is CC(C)C1=C2[C@H]3CC[C@@H]4[C@@]5(C)CC[C@H](OC(=O)C6C[C@@H](C(=O)O)C6(C)C)C(C)(C)[C@@H]5CC[C@@]4(C)[C@]3(C)CC[C@@]2(NC(=O)C(C)(C)NC(=O)c2ccc(CN3CCS(=O)(=O)CC3)cc2)CC1=O. The maximum absolute atomic E-state index is 14.6. The third-order valence-electron chi connectivity index (χ3n) is 19.9. The van der Waals surface area contributed by atoms with Gasteiger partial charge in [-0.05, 0) is 146 Å². The van der Waals surface area contributed by atoms with Crippen LogP contribution in [-0.2, 0) is 40.3 Å². The van der Waals surface area contributed by atoms with E-state index in [-0.39, 0.29) is 81.1 Å². The van der Waals surface area contributed by atoms with Gasteiger partial charge < -0.3 is 20.5 Å². The van der Waals surface area contributed by atoms with Crippen LogP contribution in [0.2, 0.25) is 0 Å². The molecule has 6 aliphatic carbocycles. The van der Waals surface area contributed by atoms with E-state index < -0.39 is 44.1 Å². The summed E-state index contributed by atoms with van der Waals surface area (Å²) in [6, 6.07) is 7.24. The number of hydrogen-bond donors (Lipinski definition) is 3. The number of allylic oxidation sites excluding steroid dienone is 1. The summed E-state index contributed by atoms with van der Waals surface area (Å²) in [7, 11) is -2.98. The predicted octanol–water partition coefficient (Wildman–Crippen LogP) is 7.93. The fraction of sp³-hybridized carbons (Fsp3) is 0.755. The summed E-state index contributed by atoms with van der Waals surface area (Å²) < 4.78 is 30.2. The second-order valence-electron chi connectivity index (χ2n) is 24.7. The number of benzene rings is 1. The van der Waals surface area contributed by atoms with Crippen molar-refractivity contribution < 1.29 is 42.2 Å². The molecule has 6 fully saturated rings. The number of rotatable bonds is 10. The summed E-state index contributed by atoms with van der Waals surface area (Å²) in [6.07, 6.45) is 7.48. The van der Waals surface area contributed by atoms with Gasteiger partial charge in [-0.2, -0.15) is 0 Å². The average molecular weight is 932 g/mol. The van der Waals surface area contributed by atoms with Crippen LogP contribution >= 0.6 is 0 Å². The minimum atomic E-state index is -2.98. The van der Waals surface area contributed by atoms with Crippen LogP contribution in [0.15, 0.2) is 35.4 Å². The molecule has 364 valence electrons. The van der Waals surface area contributed by atoms with Gasteiger partial charge in [0.15, 0.2) is 15.6 Å². The molecule has 3 N–H and O–H groups in total. The highest BCUT2D eigenvalue weighted by Gasteiger charge is 2.71. The Hall–Kier alpha value is -3.58. The van der Waals surface area contributed by atoms with Gasteiger partial charge in [-0.3, -0.25) is 28.9 Å². The topological polar surface area (TPSA) is 176 Å². The fourth-order valence-corrected chi connectivity index (χ4v) is 16.9. The van der Waals surface area contributed by atoms with Gasteiger partial charge in [-0.1, -0.05) is 74.4 Å². The van der Waals surface area contributed by atoms with Crippen LogP contribution in [0.4, 0.5) is 0 Å². The molecule has 1 aromatic carbocycles. The molecule has 5 saturated carbocycles. The van der Waals surface area contributed by atoms with Gasteiger partial charge in [-0.25, -0.2) is 8.42 Å². The largest absolute Gasteiger partial charge is 0.481 e. The van der Waals surface area contributed by atoms with Gasteiger partial charge in [-0.15, -0.1) is 0 Å². The van der Waals surface area contributed by atoms with Gasteiger partial charge in [0.1, 0.15) is 11.6 Å². The van der Waals surface area contributed by atoms with E-state index in [2.05, 4.69) is 64.0 Å². The smallest absolute Gasteiger partial charge is 0.309 e. The van der Waals surface area contributed by atoms with Crippen molar-refractivity contribution >= 4 is 39.4 Å². The number of nitrogens with one attached hydrogen (secondary N) is 2. The van der Waals surface area contributed by atoms with E-state index in [9.17, 15) is 37.5 Å². The van der Waals surface area contributed by atoms with Crippen molar-refractivity contribution in [3.8, 4) is 0 Å². The molecule has 10 atom stereocenters. The lowest BCUT2D eigenvalue weighted by Gasteiger charge is -2.72. The monoisotopic (exact) mass is 932 g/mol. The second-order valence-corrected chi connectivity index (χ2v) is 27.0. The Balaban J connectivity index is 0.981. The number of sulfone groups is 1. The molecular formula is C53H77N3O9S. The van der Waals surface area contributed by atoms with Crippen LogP contribution in [-0.4, -0.2) is 89.7 Å². The maximum atomic E-state index is 14.6. The van der Waals surface area contributed by atoms with Gasteiger partial charge in [0.05, 0.1) is 28.9 Å². The zero-order valence-electron chi connectivity index (χ0n) is 41.5. The van der Waals surface area contributed by atoms with Crippen molar-refractivity contribution in [3.63, 3.8) is 0 Å². The summed E-state index contributed by atoms with van der Waals surface area (Å²) in [5, 5.41) is 16.2. The van der Waals surface area contributed by atoms with E-state index in [1.54, 1.807) is 26.0 Å². The number of nitrogens with zero attached hydrogens (tertiary/aromatic N) is 1. The molecular weight excluding hydrogens is 855 g/mol. The molecule has 1 unspecified atom stereocenters. The summed E-state index contributed by atoms with van der Waals surface area (Å²) in [5.74, 6) is -1.50. The van der Waals surface area contributed by atoms with Crippen molar-refractivity contribution in [2.24, 2.45) is 62.6 Å². The number of Topliss-reactive ketones (excluding diaryl/α,β-unsaturated/α-hetero) is 1. The predicted molar refractivity (Wildman–Crippen MR) is 253 cm³/mol. The molecule has 12 nitrogen and oxygen atoms in total. The Morgan fingerprint density at radius 2 is 1.48 bits per heavy atom. The number of ketones is 1. The molecule has 1 saturated heterocycles. The Morgan fingerprint density at radius 3 is 2.09 bits per heavy atom. The van der Waals surface area contributed by atoms with Crippen LogP contribution < -0.4 is 10.6 Å². The molecule has 1 heterocycles. The fourth-order valence-electron chi connectivity index (χ4n) is 15.6. The van der Waals surface area contributed by atoms with Crippen LogP contribution in [0.1, 0.15) is 156 Å². The van der Waals surface area contributed by atoms with Crippen LogP contribution in [0.3, 0.4) is 0 Å². The lowest BCUT2D eigenvalue weighted by molar-refractivity contribution is -0.235. The summed E-state index contributed by atoms with van der Waals surface area (Å²) in [5.41, 5.74) is 0.187. The minimum absolute atomic E-state index is 0.00227. The van der Waals surface area contributed by atoms with E-state index in [1.165, 1.54) is 0 Å². The normalized spacial score (nSPS) is 37.9. The molecule has 8 rings (SSSR count). The quantitative estimate of drug-likeness (QED) is 0.195. The third-order valence-corrected chi connectivity index (χ3v) is 21.5. The number of carboxylic acids is 1. The molecule has 0 aromatic heterocycles. The summed E-state index contributed by atoms with van der Waals surface area (Å²) >= 11 is 0. The lowest BCUT2D eigenvalue weighted by Crippen LogP contribution is -2.68. The Morgan fingerprint density at radius 1 is 0.833 bits per heavy atom. The average Bonchev–Trinajstić information content (AvgIpc) is 3.51. The van der Waals surface area contributed by atoms with Gasteiger partial charge in [0.2, 0.25) is 5.91 Å². The van der Waals surface area contributed by atoms with Crippen molar-refractivity contribution in [2.45, 2.75) is 164 Å². The number of carboxylic acid groups (broad SMARTS) is 1. The standard InChI is InChI=1S/C53H77N3O9S/c1-31(2)41-37(57)29-53(55-46(62)49(7,8)54-43(58)33-14-12-32(13-15-33)30-56-24-26-66(63,64)27-25-56)23-22-51(10)34(42(41)53)16-17-39-50(9)20-19-40(48(5,6)38(50)18-21-52(39,51)11)65-45(61)36-28-35(44(59)60)47(36,3)4/h12-15,31,34-36,38-40H,16-30H2,1-11H3,(H,54,58)(H,55,62)(H,59,60)/t34-,35+,36?,38+,39-,40+,50+,51-,52-,53-/m1/s1. The Bertz CT molecular complexity index is 2320. The highest BCUT2D eigenvalue weighted by molar-refractivity contribution is 7.91. The first-order valence-corrected chi connectivity index (χ1v) is 26.7. The molecule has 1 aromatic rings. The number of amides is 2. The first-order valence-electron chi connectivity index (χ1n) is 24.9. The van der Waals surface area contributed by atoms with E-state index in [0.29, 0.717) is 49.9 Å². The summed E-state index contributed by atoms with van der Waals surface area (Å²) in [6.45, 7) is 25.0. The maximum Gasteiger partial charge on any atom is 0.309 e. The van der Waals surface area contributed by atoms with Crippen LogP contribution in [0, 0.1) is 62.6 Å². The Kier molecular flexibility index (Phi) is 12.0. The van der Waals surface area contributed by atoms with E-state index in [1.807, 2.05) is 26.0 Å². The van der Waals surface area contributed by atoms with Crippen LogP contribution in [0.25, 0.3) is 0 Å². The number of ether oxygens (including phenoxy) is 1. The van der Waals surface area contributed by atoms with Crippen molar-refractivity contribution in [2.75, 3.05) is 24.6 Å². The molecule has 7 aliphatic rings. The molecule has 66 heavy (non-hydrogen) atoms. The lowest BCUT2D eigenvalue weighted by atomic mass is 9.33. The van der Waals surface area contributed by atoms with Gasteiger partial charge >= 0.3 is 11.9 Å². The van der Waals surface area contributed by atoms with Crippen molar-refractivity contribution in [1.82, 2.24) is 15.5 Å². The van der Waals surface area contributed by atoms with E-state index in [4.69, 9.17) is 4.74 Å². The highest BCUT2D eigenvalue weighted by Crippen LogP contribution is 2.76. The number of fused-ring (bicyclic) bond motifs is 7. The highest BCUT2D eigenvalue weighted by atomic mass is 32.2. The molecule has 0 spiro atoms. The molecule has 0 radical (unpaired) electrons. The zero-order valence-corrected chi connectivity index (χ0v) is 42.3. The first-order chi connectivity index (χ1) is 30.5. The van der Waals surface area contributed by atoms with Gasteiger partial charge in [0, 0.05) is 37.0 Å². The summed E-state index contributed by atoms with van der Waals surface area (Å²) in [4.78, 5) is 70.2.